The van der Waals surface area contributed by atoms with Crippen molar-refractivity contribution in [3.63, 3.8) is 0 Å². The Morgan fingerprint density at radius 1 is 0.839 bits per heavy atom. The second-order valence-corrected chi connectivity index (χ2v) is 7.27. The summed E-state index contributed by atoms with van der Waals surface area (Å²) in [6, 6.07) is 14.7. The maximum atomic E-state index is 13.8. The zero-order chi connectivity index (χ0) is 22.2. The highest BCUT2D eigenvalue weighted by Crippen LogP contribution is 2.34. The van der Waals surface area contributed by atoms with Gasteiger partial charge in [0, 0.05) is 11.4 Å². The van der Waals surface area contributed by atoms with E-state index in [2.05, 4.69) is 27.2 Å². The highest BCUT2D eigenvalue weighted by molar-refractivity contribution is 5.78. The number of anilines is 2. The summed E-state index contributed by atoms with van der Waals surface area (Å²) in [5.41, 5.74) is 3.92. The molecule has 2 heterocycles. The van der Waals surface area contributed by atoms with Crippen LogP contribution in [0, 0.1) is 6.92 Å². The Kier molecular flexibility index (Phi) is 5.39. The zero-order valence-electron chi connectivity index (χ0n) is 17.5. The van der Waals surface area contributed by atoms with Crippen LogP contribution in [0.15, 0.2) is 48.5 Å². The molecule has 2 aromatic carbocycles. The van der Waals surface area contributed by atoms with E-state index in [-0.39, 0.29) is 17.1 Å². The molecule has 160 valence electrons. The van der Waals surface area contributed by atoms with Gasteiger partial charge < -0.3 is 5.32 Å². The smallest absolute Gasteiger partial charge is 0.324 e. The van der Waals surface area contributed by atoms with E-state index >= 15 is 0 Å². The fraction of sp³-hybridized carbons (Fsp3) is 0.261. The van der Waals surface area contributed by atoms with Gasteiger partial charge in [-0.3, -0.25) is 4.57 Å². The number of aryl methyl sites for hydroxylation is 3. The Bertz CT molecular complexity index is 1210. The SMILES string of the molecule is CCc1ccc(Nc2nc(C)c3nc(C(F)(F)F)n(-c4ccc(CC)cc4)c3n2)cc1. The lowest BCUT2D eigenvalue weighted by Crippen LogP contribution is -2.14. The molecule has 0 saturated heterocycles. The van der Waals surface area contributed by atoms with Gasteiger partial charge in [-0.2, -0.15) is 18.2 Å². The summed E-state index contributed by atoms with van der Waals surface area (Å²) >= 11 is 0. The molecule has 0 amide bonds. The quantitative estimate of drug-likeness (QED) is 0.425. The van der Waals surface area contributed by atoms with Crippen LogP contribution in [0.25, 0.3) is 16.9 Å². The average molecular weight is 425 g/mol. The molecule has 0 radical (unpaired) electrons. The largest absolute Gasteiger partial charge is 0.450 e. The molecule has 5 nitrogen and oxygen atoms in total. The van der Waals surface area contributed by atoms with Gasteiger partial charge >= 0.3 is 6.18 Å². The van der Waals surface area contributed by atoms with E-state index in [1.54, 1.807) is 19.1 Å². The Morgan fingerprint density at radius 3 is 1.97 bits per heavy atom. The monoisotopic (exact) mass is 425 g/mol. The highest BCUT2D eigenvalue weighted by Gasteiger charge is 2.39. The lowest BCUT2D eigenvalue weighted by Gasteiger charge is -2.12. The first-order chi connectivity index (χ1) is 14.8. The van der Waals surface area contributed by atoms with E-state index < -0.39 is 12.0 Å². The summed E-state index contributed by atoms with van der Waals surface area (Å²) in [5, 5.41) is 3.09. The molecule has 0 spiro atoms. The average Bonchev–Trinajstić information content (AvgIpc) is 3.15. The van der Waals surface area contributed by atoms with Gasteiger partial charge in [0.25, 0.3) is 0 Å². The minimum Gasteiger partial charge on any atom is -0.324 e. The first-order valence-corrected chi connectivity index (χ1v) is 10.1. The number of hydrogen-bond acceptors (Lipinski definition) is 4. The van der Waals surface area contributed by atoms with Crippen LogP contribution in [0.5, 0.6) is 0 Å². The lowest BCUT2D eigenvalue weighted by molar-refractivity contribution is -0.145. The molecular weight excluding hydrogens is 403 g/mol. The predicted octanol–water partition coefficient (Wildman–Crippen LogP) is 6.01. The van der Waals surface area contributed by atoms with Gasteiger partial charge in [-0.25, -0.2) is 9.97 Å². The van der Waals surface area contributed by atoms with Gasteiger partial charge in [0.2, 0.25) is 11.8 Å². The highest BCUT2D eigenvalue weighted by atomic mass is 19.4. The molecule has 4 aromatic rings. The molecule has 0 atom stereocenters. The number of nitrogens with one attached hydrogen (secondary N) is 1. The van der Waals surface area contributed by atoms with Crippen molar-refractivity contribution in [2.24, 2.45) is 0 Å². The number of imidazole rings is 1. The topological polar surface area (TPSA) is 55.6 Å². The number of nitrogens with zero attached hydrogens (tertiary/aromatic N) is 4. The van der Waals surface area contributed by atoms with E-state index in [9.17, 15) is 13.2 Å². The van der Waals surface area contributed by atoms with Gasteiger partial charge in [-0.15, -0.1) is 0 Å². The van der Waals surface area contributed by atoms with Crippen molar-refractivity contribution in [1.82, 2.24) is 19.5 Å². The predicted molar refractivity (Wildman–Crippen MR) is 115 cm³/mol. The molecule has 0 saturated carbocycles. The number of fused-ring (bicyclic) bond motifs is 1. The molecule has 4 rings (SSSR count). The second kappa shape index (κ2) is 8.02. The third-order valence-electron chi connectivity index (χ3n) is 5.16. The Morgan fingerprint density at radius 2 is 1.42 bits per heavy atom. The number of halogens is 3. The Balaban J connectivity index is 1.86. The summed E-state index contributed by atoms with van der Waals surface area (Å²) < 4.78 is 42.5. The first kappa shape index (κ1) is 20.8. The summed E-state index contributed by atoms with van der Waals surface area (Å²) in [6.07, 6.45) is -2.93. The van der Waals surface area contributed by atoms with Crippen LogP contribution in [-0.2, 0) is 19.0 Å². The van der Waals surface area contributed by atoms with Gasteiger partial charge in [0.1, 0.15) is 5.52 Å². The summed E-state index contributed by atoms with van der Waals surface area (Å²) in [4.78, 5) is 12.6. The van der Waals surface area contributed by atoms with Crippen molar-refractivity contribution in [3.05, 3.63) is 71.2 Å². The van der Waals surface area contributed by atoms with Crippen LogP contribution in [0.1, 0.15) is 36.5 Å². The molecule has 8 heteroatoms. The molecule has 0 aliphatic heterocycles. The molecule has 0 aliphatic carbocycles. The van der Waals surface area contributed by atoms with E-state index in [0.29, 0.717) is 11.4 Å². The van der Waals surface area contributed by atoms with Crippen LogP contribution >= 0.6 is 0 Å². The summed E-state index contributed by atoms with van der Waals surface area (Å²) in [7, 11) is 0. The normalized spacial score (nSPS) is 11.8. The number of hydrogen-bond donors (Lipinski definition) is 1. The standard InChI is InChI=1S/C23H22F3N5/c1-4-15-6-10-17(11-7-15)28-22-27-14(3)19-20(30-22)31(21(29-19)23(24,25)26)18-12-8-16(5-2)9-13-18/h6-13H,4-5H2,1-3H3,(H,27,28,30). The maximum Gasteiger partial charge on any atom is 0.450 e. The number of benzene rings is 2. The third kappa shape index (κ3) is 4.10. The molecule has 2 aromatic heterocycles. The number of aromatic nitrogens is 4. The van der Waals surface area contributed by atoms with Crippen molar-refractivity contribution in [2.45, 2.75) is 39.8 Å². The number of alkyl halides is 3. The van der Waals surface area contributed by atoms with Crippen molar-refractivity contribution in [2.75, 3.05) is 5.32 Å². The summed E-state index contributed by atoms with van der Waals surface area (Å²) in [6.45, 7) is 5.69. The van der Waals surface area contributed by atoms with Crippen LogP contribution in [0.3, 0.4) is 0 Å². The minimum atomic E-state index is -4.64. The van der Waals surface area contributed by atoms with Crippen molar-refractivity contribution >= 4 is 22.8 Å². The lowest BCUT2D eigenvalue weighted by atomic mass is 10.1. The van der Waals surface area contributed by atoms with Crippen LogP contribution < -0.4 is 5.32 Å². The van der Waals surface area contributed by atoms with E-state index in [1.165, 1.54) is 5.56 Å². The van der Waals surface area contributed by atoms with Crippen LogP contribution in [0.4, 0.5) is 24.8 Å². The van der Waals surface area contributed by atoms with Gasteiger partial charge in [0.05, 0.1) is 5.69 Å². The molecule has 0 bridgehead atoms. The minimum absolute atomic E-state index is 0.108. The zero-order valence-corrected chi connectivity index (χ0v) is 17.5. The molecule has 0 fully saturated rings. The van der Waals surface area contributed by atoms with Crippen molar-refractivity contribution in [1.29, 1.82) is 0 Å². The van der Waals surface area contributed by atoms with Gasteiger partial charge in [-0.1, -0.05) is 38.1 Å². The fourth-order valence-corrected chi connectivity index (χ4v) is 3.42. The molecule has 1 N–H and O–H groups in total. The van der Waals surface area contributed by atoms with Gasteiger partial charge in [-0.05, 0) is 55.2 Å². The Hall–Kier alpha value is -3.42. The van der Waals surface area contributed by atoms with Crippen molar-refractivity contribution in [3.8, 4) is 5.69 Å². The summed E-state index contributed by atoms with van der Waals surface area (Å²) in [5.74, 6) is -0.803. The van der Waals surface area contributed by atoms with E-state index in [1.807, 2.05) is 43.3 Å². The first-order valence-electron chi connectivity index (χ1n) is 10.1. The molecule has 0 unspecified atom stereocenters. The van der Waals surface area contributed by atoms with E-state index in [4.69, 9.17) is 0 Å². The fourth-order valence-electron chi connectivity index (χ4n) is 3.42. The van der Waals surface area contributed by atoms with Crippen LogP contribution in [-0.4, -0.2) is 19.5 Å². The van der Waals surface area contributed by atoms with Crippen LogP contribution in [0.2, 0.25) is 0 Å². The third-order valence-corrected chi connectivity index (χ3v) is 5.16. The maximum absolute atomic E-state index is 13.8. The van der Waals surface area contributed by atoms with Crippen molar-refractivity contribution < 1.29 is 13.2 Å². The van der Waals surface area contributed by atoms with E-state index in [0.717, 1.165) is 28.7 Å². The Labute approximate surface area is 178 Å². The molecular formula is C23H22F3N5. The number of rotatable bonds is 5. The second-order valence-electron chi connectivity index (χ2n) is 7.27. The van der Waals surface area contributed by atoms with Gasteiger partial charge in [0.15, 0.2) is 5.65 Å². The molecule has 31 heavy (non-hydrogen) atoms. The molecule has 0 aliphatic rings.